The first-order chi connectivity index (χ1) is 15.2. The lowest BCUT2D eigenvalue weighted by Crippen LogP contribution is -2.50. The predicted octanol–water partition coefficient (Wildman–Crippen LogP) is 2.95. The van der Waals surface area contributed by atoms with Crippen LogP contribution in [0.25, 0.3) is 0 Å². The average Bonchev–Trinajstić information content (AvgIpc) is 2.84. The zero-order chi connectivity index (χ0) is 21.5. The first-order valence-electron chi connectivity index (χ1n) is 11.3. The molecule has 2 fully saturated rings. The van der Waals surface area contributed by atoms with E-state index in [2.05, 4.69) is 32.2 Å². The summed E-state index contributed by atoms with van der Waals surface area (Å²) in [6.45, 7) is 5.42. The Labute approximate surface area is 184 Å². The molecule has 1 atom stereocenters. The first-order valence-corrected chi connectivity index (χ1v) is 11.3. The normalized spacial score (nSPS) is 20.8. The third kappa shape index (κ3) is 5.69. The summed E-state index contributed by atoms with van der Waals surface area (Å²) in [7, 11) is 0. The van der Waals surface area contributed by atoms with Crippen LogP contribution in [0.4, 0.5) is 0 Å². The second-order valence-electron chi connectivity index (χ2n) is 8.69. The van der Waals surface area contributed by atoms with Crippen LogP contribution < -0.4 is 5.32 Å². The van der Waals surface area contributed by atoms with Gasteiger partial charge in [-0.2, -0.15) is 5.26 Å². The Hall–Kier alpha value is -2.75. The lowest BCUT2D eigenvalue weighted by Gasteiger charge is -2.42. The number of nitrogens with one attached hydrogen (secondary N) is 1. The number of nitrogens with zero attached hydrogens (tertiary/aromatic N) is 4. The molecule has 6 nitrogen and oxygen atoms in total. The van der Waals surface area contributed by atoms with Crippen molar-refractivity contribution in [1.82, 2.24) is 20.1 Å². The van der Waals surface area contributed by atoms with Crippen LogP contribution in [0, 0.1) is 17.2 Å². The number of carbonyl (C=O) groups excluding carboxylic acids is 1. The summed E-state index contributed by atoms with van der Waals surface area (Å²) in [6.07, 6.45) is 7.85. The monoisotopic (exact) mass is 417 g/mol. The molecule has 0 aliphatic carbocycles. The van der Waals surface area contributed by atoms with Gasteiger partial charge in [0, 0.05) is 38.1 Å². The highest BCUT2D eigenvalue weighted by atomic mass is 16.1. The molecule has 2 aliphatic heterocycles. The Morgan fingerprint density at radius 3 is 2.74 bits per heavy atom. The topological polar surface area (TPSA) is 72.3 Å². The number of amides is 1. The maximum atomic E-state index is 12.7. The Balaban J connectivity index is 1.25. The molecule has 2 aliphatic rings. The Morgan fingerprint density at radius 1 is 1.13 bits per heavy atom. The van der Waals surface area contributed by atoms with Crippen molar-refractivity contribution in [3.05, 3.63) is 65.5 Å². The number of aromatic nitrogens is 1. The minimum absolute atomic E-state index is 0.0750. The molecule has 0 bridgehead atoms. The molecule has 31 heavy (non-hydrogen) atoms. The van der Waals surface area contributed by atoms with Gasteiger partial charge in [0.1, 0.15) is 0 Å². The lowest BCUT2D eigenvalue weighted by atomic mass is 9.93. The number of nitriles is 1. The van der Waals surface area contributed by atoms with Gasteiger partial charge in [0.05, 0.1) is 17.6 Å². The molecule has 3 heterocycles. The molecule has 1 N–H and O–H groups in total. The molecule has 4 rings (SSSR count). The summed E-state index contributed by atoms with van der Waals surface area (Å²) < 4.78 is 0. The van der Waals surface area contributed by atoms with Gasteiger partial charge >= 0.3 is 0 Å². The zero-order valence-electron chi connectivity index (χ0n) is 18.0. The van der Waals surface area contributed by atoms with Gasteiger partial charge in [-0.1, -0.05) is 24.3 Å². The van der Waals surface area contributed by atoms with Crippen LogP contribution in [0.15, 0.2) is 48.8 Å². The molecule has 6 heteroatoms. The average molecular weight is 418 g/mol. The number of hydrogen-bond donors (Lipinski definition) is 1. The second-order valence-corrected chi connectivity index (χ2v) is 8.69. The minimum Gasteiger partial charge on any atom is -0.352 e. The summed E-state index contributed by atoms with van der Waals surface area (Å²) >= 11 is 0. The molecule has 1 amide bonds. The Morgan fingerprint density at radius 2 is 1.97 bits per heavy atom. The number of carbonyl (C=O) groups is 1. The summed E-state index contributed by atoms with van der Waals surface area (Å²) in [4.78, 5) is 21.8. The molecule has 2 aromatic rings. The van der Waals surface area contributed by atoms with Gasteiger partial charge in [-0.25, -0.2) is 0 Å². The first kappa shape index (κ1) is 21.5. The van der Waals surface area contributed by atoms with E-state index in [9.17, 15) is 10.1 Å². The van der Waals surface area contributed by atoms with E-state index in [0.29, 0.717) is 12.6 Å². The highest BCUT2D eigenvalue weighted by Gasteiger charge is 2.31. The van der Waals surface area contributed by atoms with Crippen LogP contribution in [0.3, 0.4) is 0 Å². The molecule has 162 valence electrons. The van der Waals surface area contributed by atoms with Crippen molar-refractivity contribution in [2.24, 2.45) is 5.92 Å². The van der Waals surface area contributed by atoms with Crippen molar-refractivity contribution in [2.45, 2.75) is 44.8 Å². The SMILES string of the molecule is N#Cc1ccccc1CN1CCC(N2CCC[C@@H](C(=O)NCc3cccnc3)C2)CC1. The standard InChI is InChI=1S/C25H31N5O/c26-15-21-6-1-2-7-22(21)18-29-13-9-24(10-14-29)30-12-4-8-23(19-30)25(31)28-17-20-5-3-11-27-16-20/h1-3,5-7,11,16,23-24H,4,8-10,12-14,17-19H2,(H,28,31)/t23-/m1/s1. The van der Waals surface area contributed by atoms with Crippen molar-refractivity contribution in [2.75, 3.05) is 26.2 Å². The van der Waals surface area contributed by atoms with Crippen molar-refractivity contribution in [1.29, 1.82) is 5.26 Å². The molecule has 1 aromatic carbocycles. The van der Waals surface area contributed by atoms with Gasteiger partial charge in [-0.15, -0.1) is 0 Å². The molecule has 1 aromatic heterocycles. The van der Waals surface area contributed by atoms with E-state index in [1.807, 2.05) is 30.3 Å². The third-order valence-electron chi connectivity index (χ3n) is 6.62. The smallest absolute Gasteiger partial charge is 0.224 e. The van der Waals surface area contributed by atoms with Crippen LogP contribution >= 0.6 is 0 Å². The van der Waals surface area contributed by atoms with E-state index < -0.39 is 0 Å². The highest BCUT2D eigenvalue weighted by molar-refractivity contribution is 5.78. The molecular weight excluding hydrogens is 386 g/mol. The summed E-state index contributed by atoms with van der Waals surface area (Å²) in [6, 6.07) is 14.6. The number of rotatable bonds is 6. The quantitative estimate of drug-likeness (QED) is 0.782. The number of hydrogen-bond acceptors (Lipinski definition) is 5. The minimum atomic E-state index is 0.0750. The van der Waals surface area contributed by atoms with Crippen molar-refractivity contribution >= 4 is 5.91 Å². The highest BCUT2D eigenvalue weighted by Crippen LogP contribution is 2.25. The van der Waals surface area contributed by atoms with Crippen LogP contribution in [-0.4, -0.2) is 52.9 Å². The van der Waals surface area contributed by atoms with Gasteiger partial charge in [0.15, 0.2) is 0 Å². The van der Waals surface area contributed by atoms with Crippen molar-refractivity contribution in [3.8, 4) is 6.07 Å². The third-order valence-corrected chi connectivity index (χ3v) is 6.62. The Kier molecular flexibility index (Phi) is 7.29. The predicted molar refractivity (Wildman–Crippen MR) is 120 cm³/mol. The summed E-state index contributed by atoms with van der Waals surface area (Å²) in [5.74, 6) is 0.241. The van der Waals surface area contributed by atoms with Crippen LogP contribution in [0.1, 0.15) is 42.4 Å². The fourth-order valence-electron chi connectivity index (χ4n) is 4.84. The lowest BCUT2D eigenvalue weighted by molar-refractivity contribution is -0.127. The number of benzene rings is 1. The number of piperidine rings is 2. The van der Waals surface area contributed by atoms with E-state index in [1.54, 1.807) is 12.4 Å². The van der Waals surface area contributed by atoms with E-state index in [1.165, 1.54) is 0 Å². The summed E-state index contributed by atoms with van der Waals surface area (Å²) in [5, 5.41) is 12.4. The van der Waals surface area contributed by atoms with Gasteiger partial charge in [0.25, 0.3) is 0 Å². The largest absolute Gasteiger partial charge is 0.352 e. The molecular formula is C25H31N5O. The molecule has 0 spiro atoms. The maximum Gasteiger partial charge on any atom is 0.224 e. The van der Waals surface area contributed by atoms with Crippen molar-refractivity contribution < 1.29 is 4.79 Å². The van der Waals surface area contributed by atoms with Gasteiger partial charge in [0.2, 0.25) is 5.91 Å². The van der Waals surface area contributed by atoms with Gasteiger partial charge in [-0.3, -0.25) is 19.6 Å². The molecule has 0 saturated carbocycles. The molecule has 0 radical (unpaired) electrons. The van der Waals surface area contributed by atoms with E-state index in [4.69, 9.17) is 0 Å². The molecule has 2 saturated heterocycles. The van der Waals surface area contributed by atoms with E-state index >= 15 is 0 Å². The van der Waals surface area contributed by atoms with E-state index in [-0.39, 0.29) is 11.8 Å². The number of pyridine rings is 1. The zero-order valence-corrected chi connectivity index (χ0v) is 18.0. The van der Waals surface area contributed by atoms with Gasteiger partial charge in [-0.05, 0) is 68.6 Å². The van der Waals surface area contributed by atoms with E-state index in [0.717, 1.165) is 75.1 Å². The molecule has 0 unspecified atom stereocenters. The fourth-order valence-corrected chi connectivity index (χ4v) is 4.84. The van der Waals surface area contributed by atoms with Crippen LogP contribution in [0.2, 0.25) is 0 Å². The fraction of sp³-hybridized carbons (Fsp3) is 0.480. The second kappa shape index (κ2) is 10.5. The number of likely N-dealkylation sites (tertiary alicyclic amines) is 2. The van der Waals surface area contributed by atoms with Crippen molar-refractivity contribution in [3.63, 3.8) is 0 Å². The van der Waals surface area contributed by atoms with Crippen LogP contribution in [-0.2, 0) is 17.9 Å². The van der Waals surface area contributed by atoms with Crippen LogP contribution in [0.5, 0.6) is 0 Å². The summed E-state index contributed by atoms with van der Waals surface area (Å²) in [5.41, 5.74) is 2.93. The Bertz CT molecular complexity index is 902. The van der Waals surface area contributed by atoms with Gasteiger partial charge < -0.3 is 5.32 Å². The maximum absolute atomic E-state index is 12.7.